The number of hydrogen-bond donors (Lipinski definition) is 2. The van der Waals surface area contributed by atoms with Crippen molar-refractivity contribution in [3.05, 3.63) is 0 Å². The van der Waals surface area contributed by atoms with Crippen molar-refractivity contribution in [2.45, 2.75) is 129 Å². The molecule has 0 radical (unpaired) electrons. The summed E-state index contributed by atoms with van der Waals surface area (Å²) in [5.41, 5.74) is -1.55. The third-order valence-electron chi connectivity index (χ3n) is 4.98. The molecule has 0 aliphatic rings. The Kier molecular flexibility index (Phi) is 15.6. The summed E-state index contributed by atoms with van der Waals surface area (Å²) < 4.78 is 0. The SMILES string of the molecule is CCCCCCCCCCCCCCCCCC[C@](C)(O)C(=O)O. The molecule has 0 heterocycles. The molecule has 0 bridgehead atoms. The number of aliphatic carboxylic acids is 1. The Labute approximate surface area is 150 Å². The number of carboxylic acids is 1. The average molecular weight is 343 g/mol. The highest BCUT2D eigenvalue weighted by Gasteiger charge is 2.28. The molecule has 24 heavy (non-hydrogen) atoms. The number of rotatable bonds is 18. The number of carbonyl (C=O) groups is 1. The van der Waals surface area contributed by atoms with Gasteiger partial charge in [-0.05, 0) is 19.8 Å². The number of hydrogen-bond acceptors (Lipinski definition) is 2. The van der Waals surface area contributed by atoms with Crippen molar-refractivity contribution in [2.75, 3.05) is 0 Å². The summed E-state index contributed by atoms with van der Waals surface area (Å²) in [6.07, 6.45) is 21.2. The van der Waals surface area contributed by atoms with E-state index in [0.717, 1.165) is 19.3 Å². The molecule has 2 N–H and O–H groups in total. The van der Waals surface area contributed by atoms with Crippen LogP contribution in [0.15, 0.2) is 0 Å². The monoisotopic (exact) mass is 342 g/mol. The lowest BCUT2D eigenvalue weighted by Gasteiger charge is -2.17. The van der Waals surface area contributed by atoms with Gasteiger partial charge in [0.1, 0.15) is 0 Å². The minimum atomic E-state index is -1.55. The largest absolute Gasteiger partial charge is 0.479 e. The van der Waals surface area contributed by atoms with Crippen molar-refractivity contribution in [1.82, 2.24) is 0 Å². The molecule has 3 heteroatoms. The maximum absolute atomic E-state index is 10.8. The van der Waals surface area contributed by atoms with Crippen molar-refractivity contribution >= 4 is 5.97 Å². The Bertz CT molecular complexity index is 287. The first kappa shape index (κ1) is 23.4. The van der Waals surface area contributed by atoms with E-state index in [2.05, 4.69) is 6.92 Å². The predicted octanol–water partition coefficient (Wildman–Crippen LogP) is 6.47. The molecular formula is C21H42O3. The lowest BCUT2D eigenvalue weighted by molar-refractivity contribution is -0.157. The van der Waals surface area contributed by atoms with Gasteiger partial charge in [-0.25, -0.2) is 4.79 Å². The molecule has 0 aliphatic heterocycles. The van der Waals surface area contributed by atoms with E-state index < -0.39 is 11.6 Å². The van der Waals surface area contributed by atoms with Gasteiger partial charge in [0.05, 0.1) is 0 Å². The Morgan fingerprint density at radius 2 is 0.958 bits per heavy atom. The second-order valence-corrected chi connectivity index (χ2v) is 7.63. The van der Waals surface area contributed by atoms with Crippen molar-refractivity contribution in [3.63, 3.8) is 0 Å². The summed E-state index contributed by atoms with van der Waals surface area (Å²) in [5, 5.41) is 18.4. The Morgan fingerprint density at radius 1 is 0.667 bits per heavy atom. The third-order valence-corrected chi connectivity index (χ3v) is 4.98. The normalized spacial score (nSPS) is 13.8. The van der Waals surface area contributed by atoms with E-state index in [1.54, 1.807) is 0 Å². The summed E-state index contributed by atoms with van der Waals surface area (Å²) >= 11 is 0. The summed E-state index contributed by atoms with van der Waals surface area (Å²) in [4.78, 5) is 10.8. The smallest absolute Gasteiger partial charge is 0.335 e. The van der Waals surface area contributed by atoms with Crippen molar-refractivity contribution < 1.29 is 15.0 Å². The molecule has 0 aliphatic carbocycles. The zero-order chi connectivity index (χ0) is 18.1. The van der Waals surface area contributed by atoms with Crippen LogP contribution in [0.25, 0.3) is 0 Å². The van der Waals surface area contributed by atoms with Gasteiger partial charge in [-0.2, -0.15) is 0 Å². The Balaban J connectivity index is 3.14. The van der Waals surface area contributed by atoms with Gasteiger partial charge in [0, 0.05) is 0 Å². The molecule has 0 unspecified atom stereocenters. The standard InChI is InChI=1S/C21H42O3/c1-3-4-5-6-7-8-9-10-11-12-13-14-15-16-17-18-19-21(2,24)20(22)23/h24H,3-19H2,1-2H3,(H,22,23)/t21-/m0/s1. The highest BCUT2D eigenvalue weighted by atomic mass is 16.4. The molecule has 0 spiro atoms. The van der Waals surface area contributed by atoms with E-state index in [1.165, 1.54) is 90.4 Å². The molecule has 0 amide bonds. The van der Waals surface area contributed by atoms with Crippen molar-refractivity contribution in [1.29, 1.82) is 0 Å². The van der Waals surface area contributed by atoms with E-state index in [1.807, 2.05) is 0 Å². The van der Waals surface area contributed by atoms with Crippen molar-refractivity contribution in [3.8, 4) is 0 Å². The maximum atomic E-state index is 10.8. The van der Waals surface area contributed by atoms with E-state index >= 15 is 0 Å². The first-order valence-electron chi connectivity index (χ1n) is 10.5. The molecule has 144 valence electrons. The van der Waals surface area contributed by atoms with Crippen LogP contribution in [0.2, 0.25) is 0 Å². The van der Waals surface area contributed by atoms with E-state index in [4.69, 9.17) is 5.11 Å². The fourth-order valence-electron chi connectivity index (χ4n) is 3.12. The van der Waals surface area contributed by atoms with Gasteiger partial charge in [-0.3, -0.25) is 0 Å². The summed E-state index contributed by atoms with van der Waals surface area (Å²) in [7, 11) is 0. The molecule has 0 rings (SSSR count). The van der Waals surface area contributed by atoms with Gasteiger partial charge in [0.25, 0.3) is 0 Å². The molecule has 0 aromatic carbocycles. The lowest BCUT2D eigenvalue weighted by Crippen LogP contribution is -2.34. The molecular weight excluding hydrogens is 300 g/mol. The van der Waals surface area contributed by atoms with Crippen LogP contribution < -0.4 is 0 Å². The molecule has 3 nitrogen and oxygen atoms in total. The van der Waals surface area contributed by atoms with Gasteiger partial charge in [0.15, 0.2) is 5.60 Å². The van der Waals surface area contributed by atoms with E-state index in [9.17, 15) is 9.90 Å². The average Bonchev–Trinajstić information content (AvgIpc) is 2.54. The molecule has 0 saturated carbocycles. The molecule has 0 fully saturated rings. The zero-order valence-electron chi connectivity index (χ0n) is 16.3. The Hall–Kier alpha value is -0.570. The Morgan fingerprint density at radius 3 is 1.25 bits per heavy atom. The van der Waals surface area contributed by atoms with Gasteiger partial charge in [-0.15, -0.1) is 0 Å². The number of aliphatic hydroxyl groups is 1. The third kappa shape index (κ3) is 15.0. The van der Waals surface area contributed by atoms with Gasteiger partial charge in [0.2, 0.25) is 0 Å². The van der Waals surface area contributed by atoms with Crippen molar-refractivity contribution in [2.24, 2.45) is 0 Å². The van der Waals surface area contributed by atoms with Crippen LogP contribution in [-0.4, -0.2) is 21.8 Å². The fraction of sp³-hybridized carbons (Fsp3) is 0.952. The lowest BCUT2D eigenvalue weighted by atomic mass is 9.97. The molecule has 0 aromatic heterocycles. The first-order valence-corrected chi connectivity index (χ1v) is 10.5. The maximum Gasteiger partial charge on any atom is 0.335 e. The zero-order valence-corrected chi connectivity index (χ0v) is 16.3. The summed E-state index contributed by atoms with van der Waals surface area (Å²) in [6, 6.07) is 0. The highest BCUT2D eigenvalue weighted by Crippen LogP contribution is 2.17. The van der Waals surface area contributed by atoms with Crippen LogP contribution in [0.3, 0.4) is 0 Å². The molecule has 0 aromatic rings. The second kappa shape index (κ2) is 15.9. The number of unbranched alkanes of at least 4 members (excludes halogenated alkanes) is 15. The molecule has 1 atom stereocenters. The van der Waals surface area contributed by atoms with Gasteiger partial charge in [-0.1, -0.05) is 103 Å². The van der Waals surface area contributed by atoms with E-state index in [0.29, 0.717) is 6.42 Å². The van der Waals surface area contributed by atoms with E-state index in [-0.39, 0.29) is 0 Å². The second-order valence-electron chi connectivity index (χ2n) is 7.63. The van der Waals surface area contributed by atoms with Gasteiger partial charge >= 0.3 is 5.97 Å². The molecule has 0 saturated heterocycles. The summed E-state index contributed by atoms with van der Waals surface area (Å²) in [5.74, 6) is -1.11. The minimum Gasteiger partial charge on any atom is -0.479 e. The van der Waals surface area contributed by atoms with Crippen LogP contribution in [-0.2, 0) is 4.79 Å². The first-order chi connectivity index (χ1) is 11.5. The van der Waals surface area contributed by atoms with Gasteiger partial charge < -0.3 is 10.2 Å². The van der Waals surface area contributed by atoms with Crippen LogP contribution in [0.5, 0.6) is 0 Å². The number of carboxylic acid groups (broad SMARTS) is 1. The van der Waals surface area contributed by atoms with Crippen LogP contribution in [0, 0.1) is 0 Å². The van der Waals surface area contributed by atoms with Crippen LogP contribution in [0.1, 0.15) is 123 Å². The quantitative estimate of drug-likeness (QED) is 0.280. The van der Waals surface area contributed by atoms with Crippen LogP contribution in [0.4, 0.5) is 0 Å². The summed E-state index contributed by atoms with van der Waals surface area (Å²) in [6.45, 7) is 3.66. The predicted molar refractivity (Wildman–Crippen MR) is 102 cm³/mol. The fourth-order valence-corrected chi connectivity index (χ4v) is 3.12. The highest BCUT2D eigenvalue weighted by molar-refractivity contribution is 5.76. The van der Waals surface area contributed by atoms with Crippen LogP contribution >= 0.6 is 0 Å². The topological polar surface area (TPSA) is 57.5 Å². The minimum absolute atomic E-state index is 0.362.